The SMILES string of the molecule is C[C@H](O)[C@@H](OC(=O)c1ccccc1)[C@@H](OC(=O)c1ccccc1)[C@@H](C=O)OC(=O)c1ccccc1. The first-order chi connectivity index (χ1) is 16.9. The van der Waals surface area contributed by atoms with Crippen molar-refractivity contribution < 1.29 is 38.5 Å². The predicted molar refractivity (Wildman–Crippen MR) is 125 cm³/mol. The van der Waals surface area contributed by atoms with Crippen LogP contribution >= 0.6 is 0 Å². The van der Waals surface area contributed by atoms with Gasteiger partial charge in [-0.3, -0.25) is 4.79 Å². The first kappa shape index (κ1) is 25.3. The van der Waals surface area contributed by atoms with E-state index < -0.39 is 42.3 Å². The number of rotatable bonds is 10. The first-order valence-corrected chi connectivity index (χ1v) is 10.8. The molecule has 0 aliphatic rings. The summed E-state index contributed by atoms with van der Waals surface area (Å²) in [7, 11) is 0. The van der Waals surface area contributed by atoms with E-state index in [1.165, 1.54) is 43.3 Å². The Morgan fingerprint density at radius 1 is 0.629 bits per heavy atom. The number of aliphatic hydroxyl groups excluding tert-OH is 1. The Morgan fingerprint density at radius 2 is 0.971 bits per heavy atom. The van der Waals surface area contributed by atoms with Crippen molar-refractivity contribution in [2.45, 2.75) is 31.3 Å². The molecule has 3 aromatic rings. The normalized spacial score (nSPS) is 14.0. The molecule has 0 spiro atoms. The van der Waals surface area contributed by atoms with E-state index >= 15 is 0 Å². The summed E-state index contributed by atoms with van der Waals surface area (Å²) in [5.41, 5.74) is 0.479. The lowest BCUT2D eigenvalue weighted by Crippen LogP contribution is -2.50. The minimum absolute atomic E-state index is 0.148. The summed E-state index contributed by atoms with van der Waals surface area (Å²) in [5.74, 6) is -2.54. The highest BCUT2D eigenvalue weighted by molar-refractivity contribution is 5.92. The topological polar surface area (TPSA) is 116 Å². The summed E-state index contributed by atoms with van der Waals surface area (Å²) in [6.07, 6.45) is -5.99. The van der Waals surface area contributed by atoms with Gasteiger partial charge in [0.15, 0.2) is 24.6 Å². The molecule has 0 heterocycles. The number of carbonyl (C=O) groups is 4. The average molecular weight is 476 g/mol. The summed E-state index contributed by atoms with van der Waals surface area (Å²) in [6, 6.07) is 23.7. The number of benzene rings is 3. The fraction of sp³-hybridized carbons (Fsp3) is 0.185. The van der Waals surface area contributed by atoms with Gasteiger partial charge in [0, 0.05) is 0 Å². The number of aldehydes is 1. The van der Waals surface area contributed by atoms with Crippen LogP contribution in [0.1, 0.15) is 38.0 Å². The molecule has 0 aliphatic heterocycles. The van der Waals surface area contributed by atoms with E-state index in [1.54, 1.807) is 54.6 Å². The molecule has 35 heavy (non-hydrogen) atoms. The average Bonchev–Trinajstić information content (AvgIpc) is 2.90. The van der Waals surface area contributed by atoms with Crippen LogP contribution in [-0.4, -0.2) is 53.7 Å². The van der Waals surface area contributed by atoms with Crippen LogP contribution in [0, 0.1) is 0 Å². The Balaban J connectivity index is 1.92. The molecule has 0 unspecified atom stereocenters. The van der Waals surface area contributed by atoms with E-state index in [4.69, 9.17) is 14.2 Å². The van der Waals surface area contributed by atoms with Crippen molar-refractivity contribution in [3.05, 3.63) is 108 Å². The molecule has 0 aliphatic carbocycles. The lowest BCUT2D eigenvalue weighted by atomic mass is 10.0. The van der Waals surface area contributed by atoms with E-state index in [0.29, 0.717) is 0 Å². The van der Waals surface area contributed by atoms with Crippen LogP contribution in [0.5, 0.6) is 0 Å². The van der Waals surface area contributed by atoms with Gasteiger partial charge in [-0.2, -0.15) is 0 Å². The predicted octanol–water partition coefficient (Wildman–Crippen LogP) is 3.24. The number of ether oxygens (including phenoxy) is 3. The van der Waals surface area contributed by atoms with Crippen LogP contribution in [0.4, 0.5) is 0 Å². The Hall–Kier alpha value is -4.30. The molecule has 4 atom stereocenters. The largest absolute Gasteiger partial charge is 0.452 e. The van der Waals surface area contributed by atoms with Gasteiger partial charge < -0.3 is 19.3 Å². The van der Waals surface area contributed by atoms with Crippen molar-refractivity contribution in [1.29, 1.82) is 0 Å². The highest BCUT2D eigenvalue weighted by Crippen LogP contribution is 2.20. The van der Waals surface area contributed by atoms with Gasteiger partial charge in [0.05, 0.1) is 22.8 Å². The summed E-state index contributed by atoms with van der Waals surface area (Å²) < 4.78 is 16.3. The monoisotopic (exact) mass is 476 g/mol. The molecule has 3 rings (SSSR count). The highest BCUT2D eigenvalue weighted by atomic mass is 16.6. The van der Waals surface area contributed by atoms with Crippen molar-refractivity contribution in [2.24, 2.45) is 0 Å². The standard InChI is InChI=1S/C27H24O8/c1-18(29)23(34-26(31)20-13-7-3-8-14-20)24(35-27(32)21-15-9-4-10-16-21)22(17-28)33-25(30)19-11-5-2-6-12-19/h2-18,22-24,29H,1H3/t18-,22+,23+,24-/m0/s1. The van der Waals surface area contributed by atoms with Gasteiger partial charge in [-0.1, -0.05) is 54.6 Å². The minimum Gasteiger partial charge on any atom is -0.452 e. The fourth-order valence-electron chi connectivity index (χ4n) is 3.23. The lowest BCUT2D eigenvalue weighted by molar-refractivity contribution is -0.137. The third-order valence-corrected chi connectivity index (χ3v) is 5.02. The molecule has 1 N–H and O–H groups in total. The zero-order valence-electron chi connectivity index (χ0n) is 18.9. The zero-order valence-corrected chi connectivity index (χ0v) is 18.9. The molecule has 0 aromatic heterocycles. The Bertz CT molecular complexity index is 1130. The van der Waals surface area contributed by atoms with E-state index in [9.17, 15) is 24.3 Å². The molecule has 180 valence electrons. The molecule has 8 nitrogen and oxygen atoms in total. The van der Waals surface area contributed by atoms with Crippen LogP contribution in [0.15, 0.2) is 91.0 Å². The van der Waals surface area contributed by atoms with E-state index in [1.807, 2.05) is 0 Å². The number of esters is 3. The summed E-state index contributed by atoms with van der Waals surface area (Å²) in [6.45, 7) is 1.30. The number of carbonyl (C=O) groups excluding carboxylic acids is 4. The second-order valence-corrected chi connectivity index (χ2v) is 7.58. The molecular weight excluding hydrogens is 452 g/mol. The maximum atomic E-state index is 12.8. The Kier molecular flexibility index (Phi) is 8.86. The zero-order chi connectivity index (χ0) is 25.2. The van der Waals surface area contributed by atoms with Gasteiger partial charge >= 0.3 is 17.9 Å². The molecule has 0 fully saturated rings. The molecule has 0 saturated heterocycles. The van der Waals surface area contributed by atoms with Crippen molar-refractivity contribution in [3.63, 3.8) is 0 Å². The summed E-state index contributed by atoms with van der Waals surface area (Å²) in [5, 5.41) is 10.4. The van der Waals surface area contributed by atoms with Crippen molar-refractivity contribution in [2.75, 3.05) is 0 Å². The molecule has 3 aromatic carbocycles. The van der Waals surface area contributed by atoms with Gasteiger partial charge in [0.2, 0.25) is 0 Å². The second kappa shape index (κ2) is 12.2. The van der Waals surface area contributed by atoms with Crippen molar-refractivity contribution in [1.82, 2.24) is 0 Å². The van der Waals surface area contributed by atoms with Gasteiger partial charge in [-0.15, -0.1) is 0 Å². The van der Waals surface area contributed by atoms with E-state index in [0.717, 1.165) is 0 Å². The highest BCUT2D eigenvalue weighted by Gasteiger charge is 2.41. The van der Waals surface area contributed by atoms with Gasteiger partial charge in [-0.25, -0.2) is 14.4 Å². The molecule has 0 bridgehead atoms. The minimum atomic E-state index is -1.68. The first-order valence-electron chi connectivity index (χ1n) is 10.8. The van der Waals surface area contributed by atoms with Gasteiger partial charge in [0.25, 0.3) is 0 Å². The third kappa shape index (κ3) is 6.84. The number of hydrogen-bond acceptors (Lipinski definition) is 8. The quantitative estimate of drug-likeness (QED) is 0.269. The summed E-state index contributed by atoms with van der Waals surface area (Å²) in [4.78, 5) is 50.2. The van der Waals surface area contributed by atoms with Crippen LogP contribution in [-0.2, 0) is 19.0 Å². The molecule has 0 saturated carbocycles. The van der Waals surface area contributed by atoms with Crippen LogP contribution < -0.4 is 0 Å². The molecule has 0 amide bonds. The molecule has 8 heteroatoms. The maximum Gasteiger partial charge on any atom is 0.338 e. The van der Waals surface area contributed by atoms with E-state index in [-0.39, 0.29) is 23.0 Å². The van der Waals surface area contributed by atoms with Crippen LogP contribution in [0.3, 0.4) is 0 Å². The molecule has 0 radical (unpaired) electrons. The van der Waals surface area contributed by atoms with E-state index in [2.05, 4.69) is 0 Å². The second-order valence-electron chi connectivity index (χ2n) is 7.58. The number of hydrogen-bond donors (Lipinski definition) is 1. The summed E-state index contributed by atoms with van der Waals surface area (Å²) >= 11 is 0. The fourth-order valence-corrected chi connectivity index (χ4v) is 3.23. The molecular formula is C27H24O8. The van der Waals surface area contributed by atoms with Crippen LogP contribution in [0.2, 0.25) is 0 Å². The smallest absolute Gasteiger partial charge is 0.338 e. The van der Waals surface area contributed by atoms with Gasteiger partial charge in [-0.05, 0) is 43.3 Å². The number of aliphatic hydroxyl groups is 1. The lowest BCUT2D eigenvalue weighted by Gasteiger charge is -2.31. The van der Waals surface area contributed by atoms with Gasteiger partial charge in [0.1, 0.15) is 0 Å². The van der Waals surface area contributed by atoms with Crippen molar-refractivity contribution >= 4 is 24.2 Å². The third-order valence-electron chi connectivity index (χ3n) is 5.02. The van der Waals surface area contributed by atoms with Crippen molar-refractivity contribution in [3.8, 4) is 0 Å². The van der Waals surface area contributed by atoms with Crippen LogP contribution in [0.25, 0.3) is 0 Å². The Morgan fingerprint density at radius 3 is 1.31 bits per heavy atom. The maximum absolute atomic E-state index is 12.8. The Labute approximate surface area is 202 Å².